The molecule has 1 aromatic rings. The topological polar surface area (TPSA) is 55.8 Å². The Morgan fingerprint density at radius 1 is 1.16 bits per heavy atom. The molecule has 0 radical (unpaired) electrons. The summed E-state index contributed by atoms with van der Waals surface area (Å²) in [5.74, 6) is 0.991. The Morgan fingerprint density at radius 2 is 1.84 bits per heavy atom. The van der Waals surface area contributed by atoms with Gasteiger partial charge in [-0.1, -0.05) is 0 Å². The maximum Gasteiger partial charge on any atom is 0.303 e. The van der Waals surface area contributed by atoms with Gasteiger partial charge in [-0.05, 0) is 55.9 Å². The van der Waals surface area contributed by atoms with Gasteiger partial charge in [0.05, 0.1) is 14.2 Å². The van der Waals surface area contributed by atoms with Crippen LogP contribution in [0.3, 0.4) is 0 Å². The van der Waals surface area contributed by atoms with Crippen LogP contribution >= 0.6 is 0 Å². The minimum Gasteiger partial charge on any atom is -0.496 e. The number of benzene rings is 1. The molecule has 1 rings (SSSR count). The average Bonchev–Trinajstić information content (AvgIpc) is 2.38. The summed E-state index contributed by atoms with van der Waals surface area (Å²) in [4.78, 5) is 10.5. The first kappa shape index (κ1) is 15.3. The van der Waals surface area contributed by atoms with Gasteiger partial charge in [-0.2, -0.15) is 0 Å². The summed E-state index contributed by atoms with van der Waals surface area (Å²) in [5.41, 5.74) is 3.23. The quantitative estimate of drug-likeness (QED) is 0.770. The van der Waals surface area contributed by atoms with Crippen molar-refractivity contribution in [1.82, 2.24) is 0 Å². The van der Waals surface area contributed by atoms with E-state index in [1.807, 2.05) is 19.9 Å². The maximum atomic E-state index is 10.5. The first-order valence-corrected chi connectivity index (χ1v) is 6.44. The van der Waals surface area contributed by atoms with Gasteiger partial charge < -0.3 is 14.6 Å². The monoisotopic (exact) mass is 266 g/mol. The molecule has 0 atom stereocenters. The van der Waals surface area contributed by atoms with Gasteiger partial charge in [0, 0.05) is 6.42 Å². The number of unbranched alkanes of at least 4 members (excludes halogenated alkanes) is 1. The second-order valence-corrected chi connectivity index (χ2v) is 4.62. The number of methoxy groups -OCH3 is 2. The fraction of sp³-hybridized carbons (Fsp3) is 0.533. The molecule has 0 aliphatic heterocycles. The zero-order chi connectivity index (χ0) is 14.4. The van der Waals surface area contributed by atoms with E-state index in [0.717, 1.165) is 41.0 Å². The number of carboxylic acid groups (broad SMARTS) is 1. The van der Waals surface area contributed by atoms with Gasteiger partial charge in [-0.15, -0.1) is 0 Å². The fourth-order valence-corrected chi connectivity index (χ4v) is 2.20. The predicted octanol–water partition coefficient (Wildman–Crippen LogP) is 3.12. The molecule has 0 spiro atoms. The molecule has 0 saturated carbocycles. The molecule has 0 bridgehead atoms. The molecule has 0 aromatic heterocycles. The fourth-order valence-electron chi connectivity index (χ4n) is 2.20. The minimum atomic E-state index is -0.746. The van der Waals surface area contributed by atoms with Crippen LogP contribution < -0.4 is 9.47 Å². The van der Waals surface area contributed by atoms with Gasteiger partial charge in [0.2, 0.25) is 0 Å². The van der Waals surface area contributed by atoms with Crippen molar-refractivity contribution < 1.29 is 19.4 Å². The second kappa shape index (κ2) is 7.02. The van der Waals surface area contributed by atoms with Gasteiger partial charge in [-0.25, -0.2) is 0 Å². The normalized spacial score (nSPS) is 10.3. The van der Waals surface area contributed by atoms with Crippen LogP contribution in [-0.2, 0) is 11.2 Å². The summed E-state index contributed by atoms with van der Waals surface area (Å²) in [5, 5.41) is 8.63. The summed E-state index contributed by atoms with van der Waals surface area (Å²) in [6.45, 7) is 4.02. The number of carboxylic acids is 1. The van der Waals surface area contributed by atoms with Crippen molar-refractivity contribution in [2.24, 2.45) is 0 Å². The Morgan fingerprint density at radius 3 is 2.37 bits per heavy atom. The minimum absolute atomic E-state index is 0.213. The zero-order valence-electron chi connectivity index (χ0n) is 12.1. The lowest BCUT2D eigenvalue weighted by Gasteiger charge is -2.16. The Hall–Kier alpha value is -1.71. The van der Waals surface area contributed by atoms with E-state index in [-0.39, 0.29) is 6.42 Å². The highest BCUT2D eigenvalue weighted by atomic mass is 16.5. The van der Waals surface area contributed by atoms with Crippen LogP contribution in [0.1, 0.15) is 36.0 Å². The number of hydrogen-bond acceptors (Lipinski definition) is 3. The third-order valence-corrected chi connectivity index (χ3v) is 3.38. The molecule has 1 aromatic carbocycles. The van der Waals surface area contributed by atoms with Crippen LogP contribution in [0.4, 0.5) is 0 Å². The van der Waals surface area contributed by atoms with E-state index in [1.54, 1.807) is 14.2 Å². The number of aliphatic carboxylic acids is 1. The maximum absolute atomic E-state index is 10.5. The van der Waals surface area contributed by atoms with Crippen molar-refractivity contribution in [3.05, 3.63) is 22.8 Å². The Balaban J connectivity index is 2.86. The molecular weight excluding hydrogens is 244 g/mol. The first-order chi connectivity index (χ1) is 9.01. The van der Waals surface area contributed by atoms with Crippen LogP contribution in [-0.4, -0.2) is 25.3 Å². The molecule has 0 saturated heterocycles. The van der Waals surface area contributed by atoms with Gasteiger partial charge >= 0.3 is 5.97 Å². The van der Waals surface area contributed by atoms with Crippen LogP contribution in [0.25, 0.3) is 0 Å². The number of carbonyl (C=O) groups is 1. The van der Waals surface area contributed by atoms with Gasteiger partial charge in [0.1, 0.15) is 11.5 Å². The smallest absolute Gasteiger partial charge is 0.303 e. The van der Waals surface area contributed by atoms with Crippen LogP contribution in [0.5, 0.6) is 11.5 Å². The number of rotatable bonds is 7. The van der Waals surface area contributed by atoms with Gasteiger partial charge in [-0.3, -0.25) is 4.79 Å². The van der Waals surface area contributed by atoms with Gasteiger partial charge in [0.15, 0.2) is 0 Å². The van der Waals surface area contributed by atoms with E-state index in [1.165, 1.54) is 0 Å². The van der Waals surface area contributed by atoms with E-state index in [0.29, 0.717) is 6.42 Å². The highest BCUT2D eigenvalue weighted by Crippen LogP contribution is 2.34. The molecule has 0 aliphatic rings. The highest BCUT2D eigenvalue weighted by Gasteiger charge is 2.13. The molecule has 0 aliphatic carbocycles. The summed E-state index contributed by atoms with van der Waals surface area (Å²) in [7, 11) is 3.32. The lowest BCUT2D eigenvalue weighted by molar-refractivity contribution is -0.137. The van der Waals surface area contributed by atoms with Crippen LogP contribution in [0, 0.1) is 13.8 Å². The van der Waals surface area contributed by atoms with Crippen LogP contribution in [0.2, 0.25) is 0 Å². The lowest BCUT2D eigenvalue weighted by atomic mass is 9.99. The van der Waals surface area contributed by atoms with Crippen molar-refractivity contribution in [3.63, 3.8) is 0 Å². The Kier molecular flexibility index (Phi) is 5.67. The molecule has 4 nitrogen and oxygen atoms in total. The molecule has 4 heteroatoms. The van der Waals surface area contributed by atoms with Crippen molar-refractivity contribution in [1.29, 1.82) is 0 Å². The zero-order valence-corrected chi connectivity index (χ0v) is 12.1. The van der Waals surface area contributed by atoms with E-state index < -0.39 is 5.97 Å². The molecular formula is C15H22O4. The summed E-state index contributed by atoms with van der Waals surface area (Å²) < 4.78 is 10.8. The summed E-state index contributed by atoms with van der Waals surface area (Å²) >= 11 is 0. The molecule has 106 valence electrons. The molecule has 0 heterocycles. The Labute approximate surface area is 114 Å². The molecule has 1 N–H and O–H groups in total. The predicted molar refractivity (Wildman–Crippen MR) is 74.2 cm³/mol. The number of ether oxygens (including phenoxy) is 2. The number of hydrogen-bond donors (Lipinski definition) is 1. The molecule has 0 fully saturated rings. The van der Waals surface area contributed by atoms with Crippen molar-refractivity contribution in [2.45, 2.75) is 39.5 Å². The molecule has 19 heavy (non-hydrogen) atoms. The van der Waals surface area contributed by atoms with Crippen molar-refractivity contribution >= 4 is 5.97 Å². The highest BCUT2D eigenvalue weighted by molar-refractivity contribution is 5.66. The largest absolute Gasteiger partial charge is 0.496 e. The van der Waals surface area contributed by atoms with Crippen LogP contribution in [0.15, 0.2) is 6.07 Å². The molecule has 0 amide bonds. The third-order valence-electron chi connectivity index (χ3n) is 3.38. The molecule has 0 unspecified atom stereocenters. The SMILES string of the molecule is COc1cc(CCCCC(=O)O)c(OC)c(C)c1C. The van der Waals surface area contributed by atoms with Crippen molar-refractivity contribution in [3.8, 4) is 11.5 Å². The van der Waals surface area contributed by atoms with E-state index >= 15 is 0 Å². The van der Waals surface area contributed by atoms with E-state index in [2.05, 4.69) is 0 Å². The average molecular weight is 266 g/mol. The van der Waals surface area contributed by atoms with Crippen molar-refractivity contribution in [2.75, 3.05) is 14.2 Å². The number of aryl methyl sites for hydroxylation is 1. The van der Waals surface area contributed by atoms with E-state index in [4.69, 9.17) is 14.6 Å². The summed E-state index contributed by atoms with van der Waals surface area (Å²) in [6.07, 6.45) is 2.51. The van der Waals surface area contributed by atoms with Gasteiger partial charge in [0.25, 0.3) is 0 Å². The third kappa shape index (κ3) is 3.88. The Bertz CT molecular complexity index is 452. The summed E-state index contributed by atoms with van der Waals surface area (Å²) in [6, 6.07) is 1.99. The first-order valence-electron chi connectivity index (χ1n) is 6.44. The lowest BCUT2D eigenvalue weighted by Crippen LogP contribution is -2.01. The second-order valence-electron chi connectivity index (χ2n) is 4.62. The van der Waals surface area contributed by atoms with E-state index in [9.17, 15) is 4.79 Å². The standard InChI is InChI=1S/C15H22O4/c1-10-11(2)15(19-4)12(9-13(10)18-3)7-5-6-8-14(16)17/h9H,5-8H2,1-4H3,(H,16,17).